The number of rotatable bonds is 5. The molecule has 0 bridgehead atoms. The second-order valence-electron chi connectivity index (χ2n) is 7.05. The Morgan fingerprint density at radius 2 is 1.44 bits per heavy atom. The molecule has 0 radical (unpaired) electrons. The van der Waals surface area contributed by atoms with E-state index in [1.807, 2.05) is 36.4 Å². The van der Waals surface area contributed by atoms with Crippen LogP contribution in [0, 0.1) is 0 Å². The molecule has 2 aromatic carbocycles. The number of carbonyl (C=O) groups is 1. The summed E-state index contributed by atoms with van der Waals surface area (Å²) in [5.74, 6) is 0.0353. The number of hydrogen-bond acceptors (Lipinski definition) is 1. The van der Waals surface area contributed by atoms with Crippen molar-refractivity contribution in [2.45, 2.75) is 32.2 Å². The predicted octanol–water partition coefficient (Wildman–Crippen LogP) is 2.34. The normalized spacial score (nSPS) is 16.8. The molecule has 0 spiro atoms. The fourth-order valence-corrected chi connectivity index (χ4v) is 3.75. The molecule has 1 fully saturated rings. The third-order valence-electron chi connectivity index (χ3n) is 5.54. The zero-order valence-corrected chi connectivity index (χ0v) is 15.3. The zero-order valence-electron chi connectivity index (χ0n) is 15.3. The van der Waals surface area contributed by atoms with E-state index in [-0.39, 0.29) is 11.8 Å². The summed E-state index contributed by atoms with van der Waals surface area (Å²) in [6.45, 7) is 8.37. The van der Waals surface area contributed by atoms with E-state index in [2.05, 4.69) is 43.0 Å². The van der Waals surface area contributed by atoms with Crippen LogP contribution in [0.15, 0.2) is 60.7 Å². The summed E-state index contributed by atoms with van der Waals surface area (Å²) in [4.78, 5) is 17.1. The first-order valence-corrected chi connectivity index (χ1v) is 9.44. The van der Waals surface area contributed by atoms with Crippen LogP contribution in [0.1, 0.15) is 37.3 Å². The Hall–Kier alpha value is -2.13. The highest BCUT2D eigenvalue weighted by Crippen LogP contribution is 2.26. The molecule has 2 aromatic rings. The number of hydrogen-bond donors (Lipinski definition) is 1. The number of benzene rings is 2. The Morgan fingerprint density at radius 3 is 1.88 bits per heavy atom. The van der Waals surface area contributed by atoms with Crippen molar-refractivity contribution < 1.29 is 9.69 Å². The molecule has 25 heavy (non-hydrogen) atoms. The van der Waals surface area contributed by atoms with Crippen molar-refractivity contribution in [2.24, 2.45) is 0 Å². The standard InChI is InChI=1S/C22H28N2O/c1-3-18(2)23-14-16-24(17-15-23)22(25)21(19-10-6-4-7-11-19)20-12-8-5-9-13-20/h4-13,18,21H,3,14-17H2,1-2H3/p+1. The summed E-state index contributed by atoms with van der Waals surface area (Å²) in [6, 6.07) is 21.0. The molecular weight excluding hydrogens is 308 g/mol. The van der Waals surface area contributed by atoms with E-state index in [1.54, 1.807) is 4.90 Å². The van der Waals surface area contributed by atoms with Crippen molar-refractivity contribution in [1.29, 1.82) is 0 Å². The van der Waals surface area contributed by atoms with Crippen LogP contribution < -0.4 is 4.90 Å². The SMILES string of the molecule is CCC(C)[NH+]1CCN(C(=O)C(c2ccccc2)c2ccccc2)CC1. The van der Waals surface area contributed by atoms with Gasteiger partial charge in [-0.3, -0.25) is 4.79 Å². The Kier molecular flexibility index (Phi) is 5.87. The highest BCUT2D eigenvalue weighted by atomic mass is 16.2. The maximum absolute atomic E-state index is 13.4. The quantitative estimate of drug-likeness (QED) is 0.890. The summed E-state index contributed by atoms with van der Waals surface area (Å²) in [5.41, 5.74) is 2.16. The molecule has 1 unspecified atom stereocenters. The molecule has 0 saturated carbocycles. The van der Waals surface area contributed by atoms with Gasteiger partial charge < -0.3 is 9.80 Å². The molecule has 1 heterocycles. The number of nitrogens with one attached hydrogen (secondary N) is 1. The molecule has 1 aliphatic rings. The van der Waals surface area contributed by atoms with E-state index in [0.29, 0.717) is 6.04 Å². The molecule has 132 valence electrons. The van der Waals surface area contributed by atoms with Gasteiger partial charge in [0.25, 0.3) is 0 Å². The summed E-state index contributed by atoms with van der Waals surface area (Å²) in [7, 11) is 0. The van der Waals surface area contributed by atoms with Gasteiger partial charge >= 0.3 is 0 Å². The van der Waals surface area contributed by atoms with Gasteiger partial charge in [0.2, 0.25) is 5.91 Å². The van der Waals surface area contributed by atoms with Crippen LogP contribution in [-0.4, -0.2) is 43.0 Å². The van der Waals surface area contributed by atoms with Crippen molar-refractivity contribution in [2.75, 3.05) is 26.2 Å². The topological polar surface area (TPSA) is 24.8 Å². The largest absolute Gasteiger partial charge is 0.331 e. The third kappa shape index (κ3) is 4.10. The molecule has 1 atom stereocenters. The zero-order chi connectivity index (χ0) is 17.6. The fraction of sp³-hybridized carbons (Fsp3) is 0.409. The summed E-state index contributed by atoms with van der Waals surface area (Å²) in [5, 5.41) is 0. The number of piperazine rings is 1. The third-order valence-corrected chi connectivity index (χ3v) is 5.54. The van der Waals surface area contributed by atoms with Gasteiger partial charge in [0.15, 0.2) is 0 Å². The molecule has 3 nitrogen and oxygen atoms in total. The van der Waals surface area contributed by atoms with E-state index in [0.717, 1.165) is 37.3 Å². The molecule has 3 heteroatoms. The number of nitrogens with zero attached hydrogens (tertiary/aromatic N) is 1. The van der Waals surface area contributed by atoms with Crippen LogP contribution in [0.2, 0.25) is 0 Å². The first-order chi connectivity index (χ1) is 12.2. The maximum Gasteiger partial charge on any atom is 0.234 e. The van der Waals surface area contributed by atoms with Gasteiger partial charge in [-0.05, 0) is 24.5 Å². The lowest BCUT2D eigenvalue weighted by Gasteiger charge is -2.36. The van der Waals surface area contributed by atoms with Crippen LogP contribution in [0.4, 0.5) is 0 Å². The molecule has 1 aliphatic heterocycles. The van der Waals surface area contributed by atoms with E-state index >= 15 is 0 Å². The van der Waals surface area contributed by atoms with Gasteiger partial charge in [-0.2, -0.15) is 0 Å². The summed E-state index contributed by atoms with van der Waals surface area (Å²) < 4.78 is 0. The predicted molar refractivity (Wildman–Crippen MR) is 102 cm³/mol. The van der Waals surface area contributed by atoms with E-state index < -0.39 is 0 Å². The van der Waals surface area contributed by atoms with Crippen molar-refractivity contribution in [3.8, 4) is 0 Å². The molecule has 1 saturated heterocycles. The average Bonchev–Trinajstić information content (AvgIpc) is 2.69. The second-order valence-corrected chi connectivity index (χ2v) is 7.05. The lowest BCUT2D eigenvalue weighted by Crippen LogP contribution is -3.17. The lowest BCUT2D eigenvalue weighted by atomic mass is 9.90. The minimum Gasteiger partial charge on any atom is -0.331 e. The highest BCUT2D eigenvalue weighted by molar-refractivity contribution is 5.87. The molecule has 3 rings (SSSR count). The van der Waals surface area contributed by atoms with E-state index in [1.165, 1.54) is 6.42 Å². The minimum atomic E-state index is -0.201. The minimum absolute atomic E-state index is 0.201. The first-order valence-electron chi connectivity index (χ1n) is 9.44. The molecule has 1 amide bonds. The van der Waals surface area contributed by atoms with Crippen LogP contribution >= 0.6 is 0 Å². The molecule has 0 aliphatic carbocycles. The molecular formula is C22H29N2O+. The Bertz CT molecular complexity index is 623. The Labute approximate surface area is 151 Å². The van der Waals surface area contributed by atoms with Crippen molar-refractivity contribution in [3.63, 3.8) is 0 Å². The van der Waals surface area contributed by atoms with Crippen LogP contribution in [0.5, 0.6) is 0 Å². The summed E-state index contributed by atoms with van der Waals surface area (Å²) in [6.07, 6.45) is 1.19. The highest BCUT2D eigenvalue weighted by Gasteiger charge is 2.31. The smallest absolute Gasteiger partial charge is 0.234 e. The lowest BCUT2D eigenvalue weighted by molar-refractivity contribution is -0.927. The van der Waals surface area contributed by atoms with Gasteiger partial charge in [-0.1, -0.05) is 67.6 Å². The van der Waals surface area contributed by atoms with Crippen molar-refractivity contribution >= 4 is 5.91 Å². The average molecular weight is 337 g/mol. The Morgan fingerprint density at radius 1 is 0.960 bits per heavy atom. The maximum atomic E-state index is 13.4. The van der Waals surface area contributed by atoms with E-state index in [4.69, 9.17) is 0 Å². The van der Waals surface area contributed by atoms with Crippen molar-refractivity contribution in [3.05, 3.63) is 71.8 Å². The summed E-state index contributed by atoms with van der Waals surface area (Å²) >= 11 is 0. The molecule has 1 N–H and O–H groups in total. The van der Waals surface area contributed by atoms with Gasteiger partial charge in [0, 0.05) is 0 Å². The van der Waals surface area contributed by atoms with E-state index in [9.17, 15) is 4.79 Å². The van der Waals surface area contributed by atoms with Gasteiger partial charge in [-0.15, -0.1) is 0 Å². The monoisotopic (exact) mass is 337 g/mol. The fourth-order valence-electron chi connectivity index (χ4n) is 3.75. The van der Waals surface area contributed by atoms with Crippen LogP contribution in [-0.2, 0) is 4.79 Å². The number of carbonyl (C=O) groups excluding carboxylic acids is 1. The van der Waals surface area contributed by atoms with Gasteiger partial charge in [-0.25, -0.2) is 0 Å². The molecule has 0 aromatic heterocycles. The van der Waals surface area contributed by atoms with Crippen molar-refractivity contribution in [1.82, 2.24) is 4.90 Å². The van der Waals surface area contributed by atoms with Crippen LogP contribution in [0.25, 0.3) is 0 Å². The number of quaternary nitrogens is 1. The van der Waals surface area contributed by atoms with Gasteiger partial charge in [0.05, 0.1) is 38.1 Å². The van der Waals surface area contributed by atoms with Crippen LogP contribution in [0.3, 0.4) is 0 Å². The van der Waals surface area contributed by atoms with Gasteiger partial charge in [0.1, 0.15) is 0 Å². The Balaban J connectivity index is 1.79. The second kappa shape index (κ2) is 8.30. The number of amides is 1. The first kappa shape index (κ1) is 17.7.